The molecular weight excluding hydrogens is 313 g/mol. The van der Waals surface area contributed by atoms with Crippen LogP contribution in [0.2, 0.25) is 5.02 Å². The van der Waals surface area contributed by atoms with Gasteiger partial charge in [-0.3, -0.25) is 4.79 Å². The van der Waals surface area contributed by atoms with Crippen molar-refractivity contribution in [3.8, 4) is 0 Å². The van der Waals surface area contributed by atoms with Crippen LogP contribution in [0.3, 0.4) is 0 Å². The zero-order valence-electron chi connectivity index (χ0n) is 10.8. The van der Waals surface area contributed by atoms with Crippen LogP contribution < -0.4 is 10.6 Å². The second-order valence-corrected chi connectivity index (χ2v) is 4.15. The molecule has 1 rings (SSSR count). The minimum Gasteiger partial charge on any atom is -0.383 e. The minimum absolute atomic E-state index is 0. The first-order chi connectivity index (χ1) is 9.06. The molecule has 0 aliphatic carbocycles. The van der Waals surface area contributed by atoms with E-state index in [-0.39, 0.29) is 23.0 Å². The van der Waals surface area contributed by atoms with Crippen molar-refractivity contribution >= 4 is 29.9 Å². The smallest absolute Gasteiger partial charge is 0.252 e. The number of rotatable bonds is 7. The summed E-state index contributed by atoms with van der Waals surface area (Å²) in [7, 11) is 1.59. The molecule has 0 radical (unpaired) electrons. The molecule has 114 valence electrons. The predicted octanol–water partition coefficient (Wildman–Crippen LogP) is 2.01. The van der Waals surface area contributed by atoms with Crippen LogP contribution in [-0.2, 0) is 4.74 Å². The van der Waals surface area contributed by atoms with Gasteiger partial charge in [-0.25, -0.2) is 8.78 Å². The number of ether oxygens (including phenoxy) is 1. The second kappa shape index (κ2) is 9.88. The quantitative estimate of drug-likeness (QED) is 0.594. The fourth-order valence-corrected chi connectivity index (χ4v) is 1.59. The van der Waals surface area contributed by atoms with E-state index in [1.54, 1.807) is 7.11 Å². The van der Waals surface area contributed by atoms with Crippen molar-refractivity contribution in [2.45, 2.75) is 0 Å². The Balaban J connectivity index is 0.00000361. The van der Waals surface area contributed by atoms with Gasteiger partial charge in [-0.05, 0) is 12.1 Å². The van der Waals surface area contributed by atoms with E-state index in [2.05, 4.69) is 10.6 Å². The molecule has 0 aliphatic rings. The summed E-state index contributed by atoms with van der Waals surface area (Å²) in [6.07, 6.45) is 0. The minimum atomic E-state index is -1.10. The number of carbonyl (C=O) groups is 1. The molecule has 0 atom stereocenters. The van der Waals surface area contributed by atoms with Gasteiger partial charge in [0, 0.05) is 26.7 Å². The largest absolute Gasteiger partial charge is 0.383 e. The van der Waals surface area contributed by atoms with Crippen LogP contribution in [0, 0.1) is 11.6 Å². The Labute approximate surface area is 127 Å². The Bertz CT molecular complexity index is 448. The molecule has 8 heteroatoms. The first-order valence-electron chi connectivity index (χ1n) is 5.68. The summed E-state index contributed by atoms with van der Waals surface area (Å²) < 4.78 is 30.7. The molecule has 0 saturated carbocycles. The molecule has 0 aliphatic heterocycles. The number of hydrogen-bond donors (Lipinski definition) is 2. The summed E-state index contributed by atoms with van der Waals surface area (Å²) >= 11 is 5.68. The normalized spacial score (nSPS) is 10.0. The molecule has 4 nitrogen and oxygen atoms in total. The molecule has 0 bridgehead atoms. The van der Waals surface area contributed by atoms with Gasteiger partial charge in [0.05, 0.1) is 17.2 Å². The van der Waals surface area contributed by atoms with Crippen molar-refractivity contribution in [1.29, 1.82) is 0 Å². The van der Waals surface area contributed by atoms with Gasteiger partial charge in [-0.1, -0.05) is 11.6 Å². The molecule has 0 unspecified atom stereocenters. The second-order valence-electron chi connectivity index (χ2n) is 3.74. The summed E-state index contributed by atoms with van der Waals surface area (Å²) in [4.78, 5) is 11.7. The lowest BCUT2D eigenvalue weighted by Gasteiger charge is -2.08. The molecule has 0 heterocycles. The lowest BCUT2D eigenvalue weighted by molar-refractivity contribution is 0.0953. The van der Waals surface area contributed by atoms with Gasteiger partial charge < -0.3 is 15.4 Å². The summed E-state index contributed by atoms with van der Waals surface area (Å²) in [5, 5.41) is 5.45. The van der Waals surface area contributed by atoms with Crippen LogP contribution in [0.1, 0.15) is 10.4 Å². The van der Waals surface area contributed by atoms with Crippen LogP contribution >= 0.6 is 24.0 Å². The Morgan fingerprint density at radius 3 is 2.55 bits per heavy atom. The van der Waals surface area contributed by atoms with E-state index in [1.165, 1.54) is 0 Å². The topological polar surface area (TPSA) is 50.4 Å². The first-order valence-corrected chi connectivity index (χ1v) is 6.06. The summed E-state index contributed by atoms with van der Waals surface area (Å²) in [6, 6.07) is 1.56. The fourth-order valence-electron chi connectivity index (χ4n) is 1.36. The maximum Gasteiger partial charge on any atom is 0.252 e. The van der Waals surface area contributed by atoms with E-state index in [1.807, 2.05) is 0 Å². The van der Waals surface area contributed by atoms with Crippen LogP contribution in [0.15, 0.2) is 12.1 Å². The van der Waals surface area contributed by atoms with Crippen LogP contribution in [0.5, 0.6) is 0 Å². The third kappa shape index (κ3) is 6.00. The fraction of sp³-hybridized carbons (Fsp3) is 0.417. The zero-order valence-corrected chi connectivity index (χ0v) is 12.4. The number of methoxy groups -OCH3 is 1. The maximum absolute atomic E-state index is 13.0. The van der Waals surface area contributed by atoms with E-state index in [0.29, 0.717) is 26.2 Å². The first kappa shape index (κ1) is 19.1. The molecule has 0 spiro atoms. The van der Waals surface area contributed by atoms with Crippen molar-refractivity contribution in [2.75, 3.05) is 33.4 Å². The van der Waals surface area contributed by atoms with E-state index < -0.39 is 17.5 Å². The lowest BCUT2D eigenvalue weighted by Crippen LogP contribution is -2.33. The lowest BCUT2D eigenvalue weighted by atomic mass is 10.2. The van der Waals surface area contributed by atoms with Crippen LogP contribution in [0.25, 0.3) is 0 Å². The number of amides is 1. The number of halogens is 4. The van der Waals surface area contributed by atoms with Crippen LogP contribution in [-0.4, -0.2) is 39.3 Å². The molecule has 20 heavy (non-hydrogen) atoms. The van der Waals surface area contributed by atoms with Crippen molar-refractivity contribution in [3.05, 3.63) is 34.4 Å². The van der Waals surface area contributed by atoms with E-state index in [9.17, 15) is 13.6 Å². The predicted molar refractivity (Wildman–Crippen MR) is 75.7 cm³/mol. The van der Waals surface area contributed by atoms with Gasteiger partial charge in [0.25, 0.3) is 5.91 Å². The average Bonchev–Trinajstić information content (AvgIpc) is 2.37. The molecule has 1 aromatic rings. The van der Waals surface area contributed by atoms with Crippen molar-refractivity contribution in [1.82, 2.24) is 10.6 Å². The molecule has 1 aromatic carbocycles. The van der Waals surface area contributed by atoms with Gasteiger partial charge in [0.15, 0.2) is 11.6 Å². The number of benzene rings is 1. The highest BCUT2D eigenvalue weighted by molar-refractivity contribution is 6.33. The molecule has 0 saturated heterocycles. The standard InChI is InChI=1S/C12H15ClF2N2O2.ClH/c1-19-5-4-16-2-3-17-12(18)8-6-10(14)11(15)7-9(8)13;/h6-7,16H,2-5H2,1H3,(H,17,18);1H. The number of hydrogen-bond acceptors (Lipinski definition) is 3. The van der Waals surface area contributed by atoms with Gasteiger partial charge >= 0.3 is 0 Å². The zero-order chi connectivity index (χ0) is 14.3. The number of nitrogens with one attached hydrogen (secondary N) is 2. The van der Waals surface area contributed by atoms with E-state index in [4.69, 9.17) is 16.3 Å². The monoisotopic (exact) mass is 328 g/mol. The molecule has 0 fully saturated rings. The van der Waals surface area contributed by atoms with Crippen molar-refractivity contribution in [3.63, 3.8) is 0 Å². The third-order valence-electron chi connectivity index (χ3n) is 2.32. The van der Waals surface area contributed by atoms with E-state index in [0.717, 1.165) is 12.1 Å². The SMILES string of the molecule is COCCNCCNC(=O)c1cc(F)c(F)cc1Cl.Cl. The Morgan fingerprint density at radius 1 is 1.25 bits per heavy atom. The van der Waals surface area contributed by atoms with Gasteiger partial charge in [-0.2, -0.15) is 0 Å². The Morgan fingerprint density at radius 2 is 1.90 bits per heavy atom. The average molecular weight is 329 g/mol. The van der Waals surface area contributed by atoms with Crippen molar-refractivity contribution < 1.29 is 18.3 Å². The highest BCUT2D eigenvalue weighted by Gasteiger charge is 2.14. The molecule has 0 aromatic heterocycles. The highest BCUT2D eigenvalue weighted by Crippen LogP contribution is 2.19. The number of carbonyl (C=O) groups excluding carboxylic acids is 1. The molecule has 1 amide bonds. The summed E-state index contributed by atoms with van der Waals surface area (Å²) in [6.45, 7) is 2.12. The Kier molecular flexibility index (Phi) is 9.41. The van der Waals surface area contributed by atoms with E-state index >= 15 is 0 Å². The summed E-state index contributed by atoms with van der Waals surface area (Å²) in [5.74, 6) is -2.73. The molecular formula is C12H16Cl2F2N2O2. The van der Waals surface area contributed by atoms with Gasteiger partial charge in [0.1, 0.15) is 0 Å². The van der Waals surface area contributed by atoms with Gasteiger partial charge in [-0.15, -0.1) is 12.4 Å². The maximum atomic E-state index is 13.0. The van der Waals surface area contributed by atoms with Crippen molar-refractivity contribution in [2.24, 2.45) is 0 Å². The third-order valence-corrected chi connectivity index (χ3v) is 2.64. The summed E-state index contributed by atoms with van der Waals surface area (Å²) in [5.41, 5.74) is -0.0857. The van der Waals surface area contributed by atoms with Gasteiger partial charge in [0.2, 0.25) is 0 Å². The molecule has 2 N–H and O–H groups in total. The van der Waals surface area contributed by atoms with Crippen LogP contribution in [0.4, 0.5) is 8.78 Å². The highest BCUT2D eigenvalue weighted by atomic mass is 35.5. The Hall–Kier alpha value is -0.950.